The fraction of sp³-hybridized carbons (Fsp3) is 0.435. The van der Waals surface area contributed by atoms with Crippen molar-refractivity contribution in [1.82, 2.24) is 14.8 Å². The number of likely N-dealkylation sites (tertiary alicyclic amines) is 2. The second-order valence-corrected chi connectivity index (χ2v) is 8.31. The molecule has 0 saturated carbocycles. The Labute approximate surface area is 166 Å². The minimum atomic E-state index is -0.208. The number of aromatic nitrogens is 1. The lowest BCUT2D eigenvalue weighted by Gasteiger charge is -2.27. The molecule has 5 heteroatoms. The van der Waals surface area contributed by atoms with Gasteiger partial charge in [0, 0.05) is 50.4 Å². The van der Waals surface area contributed by atoms with Gasteiger partial charge < -0.3 is 5.11 Å². The maximum absolute atomic E-state index is 13.0. The normalized spacial score (nSPS) is 25.6. The first-order chi connectivity index (χ1) is 13.6. The Bertz CT molecular complexity index is 838. The molecule has 1 aromatic heterocycles. The molecule has 4 rings (SSSR count). The van der Waals surface area contributed by atoms with E-state index in [0.29, 0.717) is 5.92 Å². The van der Waals surface area contributed by atoms with E-state index >= 15 is 0 Å². The van der Waals surface area contributed by atoms with E-state index in [1.165, 1.54) is 12.1 Å². The molecular formula is C23H28FN3O. The molecule has 2 aliphatic rings. The highest BCUT2D eigenvalue weighted by atomic mass is 19.1. The van der Waals surface area contributed by atoms with Crippen molar-refractivity contribution in [1.29, 1.82) is 0 Å². The molecule has 2 atom stereocenters. The van der Waals surface area contributed by atoms with Crippen molar-refractivity contribution < 1.29 is 9.50 Å². The number of fused-ring (bicyclic) bond motifs is 1. The Morgan fingerprint density at radius 2 is 1.89 bits per heavy atom. The number of nitrogens with zero attached hydrogens (tertiary/aromatic N) is 3. The molecule has 0 spiro atoms. The molecule has 2 aliphatic heterocycles. The van der Waals surface area contributed by atoms with Crippen LogP contribution in [0.4, 0.5) is 4.39 Å². The van der Waals surface area contributed by atoms with Gasteiger partial charge in [-0.15, -0.1) is 0 Å². The van der Waals surface area contributed by atoms with Gasteiger partial charge in [-0.1, -0.05) is 30.4 Å². The van der Waals surface area contributed by atoms with Crippen molar-refractivity contribution in [3.05, 3.63) is 71.3 Å². The number of hydrogen-bond donors (Lipinski definition) is 1. The molecule has 0 radical (unpaired) electrons. The first-order valence-electron chi connectivity index (χ1n) is 9.96. The fourth-order valence-electron chi connectivity index (χ4n) is 4.71. The number of aliphatic hydroxyl groups is 1. The average molecular weight is 381 g/mol. The smallest absolute Gasteiger partial charge is 0.123 e. The number of benzene rings is 1. The van der Waals surface area contributed by atoms with Gasteiger partial charge in [0.1, 0.15) is 5.82 Å². The van der Waals surface area contributed by atoms with E-state index in [9.17, 15) is 9.50 Å². The minimum Gasteiger partial charge on any atom is -0.396 e. The van der Waals surface area contributed by atoms with Crippen molar-refractivity contribution in [2.75, 3.05) is 39.3 Å². The lowest BCUT2D eigenvalue weighted by atomic mass is 9.82. The van der Waals surface area contributed by atoms with Crippen LogP contribution in [0.15, 0.2) is 48.5 Å². The molecular weight excluding hydrogens is 353 g/mol. The van der Waals surface area contributed by atoms with Crippen molar-refractivity contribution in [2.24, 2.45) is 11.3 Å². The summed E-state index contributed by atoms with van der Waals surface area (Å²) >= 11 is 0. The van der Waals surface area contributed by atoms with Gasteiger partial charge in [0.2, 0.25) is 0 Å². The number of halogens is 1. The monoisotopic (exact) mass is 381 g/mol. The second kappa shape index (κ2) is 8.11. The summed E-state index contributed by atoms with van der Waals surface area (Å²) in [6, 6.07) is 12.7. The van der Waals surface area contributed by atoms with Gasteiger partial charge in [0.05, 0.1) is 12.3 Å². The number of hydrogen-bond acceptors (Lipinski definition) is 4. The van der Waals surface area contributed by atoms with Crippen molar-refractivity contribution in [3.63, 3.8) is 0 Å². The number of aliphatic hydroxyl groups excluding tert-OH is 1. The van der Waals surface area contributed by atoms with Gasteiger partial charge in [-0.05, 0) is 42.7 Å². The summed E-state index contributed by atoms with van der Waals surface area (Å²) < 4.78 is 13.0. The largest absolute Gasteiger partial charge is 0.396 e. The predicted molar refractivity (Wildman–Crippen MR) is 109 cm³/mol. The summed E-state index contributed by atoms with van der Waals surface area (Å²) in [4.78, 5) is 9.48. The average Bonchev–Trinajstić information content (AvgIpc) is 3.17. The third-order valence-electron chi connectivity index (χ3n) is 6.09. The maximum atomic E-state index is 13.0. The molecule has 1 aromatic carbocycles. The van der Waals surface area contributed by atoms with Gasteiger partial charge in [0.15, 0.2) is 0 Å². The zero-order valence-electron chi connectivity index (χ0n) is 16.4. The molecule has 2 unspecified atom stereocenters. The molecule has 0 aliphatic carbocycles. The van der Waals surface area contributed by atoms with E-state index in [4.69, 9.17) is 0 Å². The standard InChI is InChI=1S/C23H28FN3O/c1-18-4-2-6-22(25-18)14-27-13-20-12-26(15-23(20,16-27)17-28)11-3-5-19-7-9-21(24)10-8-19/h2-10,20,28H,11-17H2,1H3/b5-3+. The molecule has 2 aromatic rings. The van der Waals surface area contributed by atoms with Gasteiger partial charge in [-0.2, -0.15) is 0 Å². The molecule has 2 saturated heterocycles. The molecule has 0 amide bonds. The number of aryl methyl sites for hydroxylation is 1. The number of rotatable bonds is 6. The predicted octanol–water partition coefficient (Wildman–Crippen LogP) is 2.97. The highest BCUT2D eigenvalue weighted by molar-refractivity contribution is 5.49. The first-order valence-corrected chi connectivity index (χ1v) is 9.96. The summed E-state index contributed by atoms with van der Waals surface area (Å²) in [6.07, 6.45) is 4.17. The van der Waals surface area contributed by atoms with Crippen LogP contribution in [0.3, 0.4) is 0 Å². The molecule has 28 heavy (non-hydrogen) atoms. The zero-order chi connectivity index (χ0) is 19.6. The van der Waals surface area contributed by atoms with E-state index in [-0.39, 0.29) is 17.8 Å². The third kappa shape index (κ3) is 4.17. The molecule has 2 fully saturated rings. The highest BCUT2D eigenvalue weighted by Crippen LogP contribution is 2.42. The van der Waals surface area contributed by atoms with Gasteiger partial charge in [-0.3, -0.25) is 14.8 Å². The Morgan fingerprint density at radius 1 is 1.14 bits per heavy atom. The minimum absolute atomic E-state index is 0.0342. The van der Waals surface area contributed by atoms with Crippen LogP contribution in [0.5, 0.6) is 0 Å². The molecule has 148 valence electrons. The molecule has 0 bridgehead atoms. The van der Waals surface area contributed by atoms with Crippen molar-refractivity contribution >= 4 is 6.08 Å². The van der Waals surface area contributed by atoms with Crippen molar-refractivity contribution in [3.8, 4) is 0 Å². The van der Waals surface area contributed by atoms with E-state index in [2.05, 4.69) is 33.0 Å². The summed E-state index contributed by atoms with van der Waals surface area (Å²) in [6.45, 7) is 7.81. The van der Waals surface area contributed by atoms with Crippen LogP contribution >= 0.6 is 0 Å². The third-order valence-corrected chi connectivity index (χ3v) is 6.09. The first kappa shape index (κ1) is 19.2. The molecule has 3 heterocycles. The van der Waals surface area contributed by atoms with Crippen LogP contribution in [0, 0.1) is 24.1 Å². The number of pyridine rings is 1. The Hall–Kier alpha value is -2.08. The summed E-state index contributed by atoms with van der Waals surface area (Å²) in [5.74, 6) is 0.279. The van der Waals surface area contributed by atoms with Crippen LogP contribution in [0.25, 0.3) is 6.08 Å². The summed E-state index contributed by atoms with van der Waals surface area (Å²) in [5, 5.41) is 10.2. The van der Waals surface area contributed by atoms with E-state index in [1.54, 1.807) is 12.1 Å². The Balaban J connectivity index is 1.34. The summed E-state index contributed by atoms with van der Waals surface area (Å²) in [5.41, 5.74) is 3.13. The second-order valence-electron chi connectivity index (χ2n) is 8.31. The van der Waals surface area contributed by atoms with Gasteiger partial charge in [0.25, 0.3) is 0 Å². The molecule has 1 N–H and O–H groups in total. The van der Waals surface area contributed by atoms with E-state index in [1.807, 2.05) is 19.1 Å². The highest BCUT2D eigenvalue weighted by Gasteiger charge is 2.51. The van der Waals surface area contributed by atoms with E-state index < -0.39 is 0 Å². The Morgan fingerprint density at radius 3 is 2.61 bits per heavy atom. The van der Waals surface area contributed by atoms with Crippen LogP contribution < -0.4 is 0 Å². The topological polar surface area (TPSA) is 39.6 Å². The Kier molecular flexibility index (Phi) is 5.58. The van der Waals surface area contributed by atoms with Crippen LogP contribution in [-0.4, -0.2) is 59.2 Å². The van der Waals surface area contributed by atoms with Gasteiger partial charge in [-0.25, -0.2) is 4.39 Å². The molecule has 4 nitrogen and oxygen atoms in total. The zero-order valence-corrected chi connectivity index (χ0v) is 16.4. The van der Waals surface area contributed by atoms with E-state index in [0.717, 1.165) is 56.2 Å². The summed E-state index contributed by atoms with van der Waals surface area (Å²) in [7, 11) is 0. The lowest BCUT2D eigenvalue weighted by molar-refractivity contribution is 0.113. The van der Waals surface area contributed by atoms with Crippen LogP contribution in [0.1, 0.15) is 17.0 Å². The van der Waals surface area contributed by atoms with Crippen molar-refractivity contribution in [2.45, 2.75) is 13.5 Å². The quantitative estimate of drug-likeness (QED) is 0.835. The van der Waals surface area contributed by atoms with Crippen LogP contribution in [0.2, 0.25) is 0 Å². The lowest BCUT2D eigenvalue weighted by Crippen LogP contribution is -2.37. The van der Waals surface area contributed by atoms with Crippen LogP contribution in [-0.2, 0) is 6.54 Å². The maximum Gasteiger partial charge on any atom is 0.123 e. The SMILES string of the molecule is Cc1cccc(CN2CC3CN(C/C=C/c4ccc(F)cc4)CC3(CO)C2)n1. The fourth-order valence-corrected chi connectivity index (χ4v) is 4.71. The van der Waals surface area contributed by atoms with Gasteiger partial charge >= 0.3 is 0 Å².